The summed E-state index contributed by atoms with van der Waals surface area (Å²) in [6.45, 7) is 19.2. The van der Waals surface area contributed by atoms with Crippen molar-refractivity contribution in [1.82, 2.24) is 14.1 Å². The maximum Gasteiger partial charge on any atom is 0.0645 e. The minimum atomic E-state index is -0.295. The number of benzene rings is 11. The summed E-state index contributed by atoms with van der Waals surface area (Å²) in [5, 5.41) is 12.8. The van der Waals surface area contributed by atoms with Gasteiger partial charge in [0, 0.05) is 55.0 Å². The lowest BCUT2D eigenvalue weighted by Gasteiger charge is -2.43. The van der Waals surface area contributed by atoms with Crippen LogP contribution in [-0.4, -0.2) is 14.1 Å². The molecule has 2 aliphatic rings. The van der Waals surface area contributed by atoms with E-state index in [2.05, 4.69) is 273 Å². The van der Waals surface area contributed by atoms with Crippen LogP contribution in [0.2, 0.25) is 0 Å². The maximum atomic E-state index is 4.64. The van der Waals surface area contributed by atoms with Crippen LogP contribution in [0.4, 0.5) is 34.1 Å². The van der Waals surface area contributed by atoms with Gasteiger partial charge in [-0.05, 0) is 152 Å². The second-order valence-electron chi connectivity index (χ2n) is 24.3. The van der Waals surface area contributed by atoms with Crippen LogP contribution >= 0.6 is 0 Å². The Hall–Kier alpha value is -9.19. The lowest BCUT2D eigenvalue weighted by molar-refractivity contribution is 0.633. The Morgan fingerprint density at radius 3 is 1.25 bits per heavy atom. The molecule has 80 heavy (non-hydrogen) atoms. The van der Waals surface area contributed by atoms with Crippen LogP contribution in [0.15, 0.2) is 213 Å². The summed E-state index contributed by atoms with van der Waals surface area (Å²) in [6, 6.07) is 76.1. The predicted molar refractivity (Wildman–Crippen MR) is 338 cm³/mol. The standard InChI is InChI=1S/C75H61N5/c1-44(2)52-37-47-33-35-65(80-63-31-19-15-27-57(63)75(7,8)59-40-55-51-25-13-17-29-61(51)78(67(55)42-69(59)80)49-23-20-36-76-43-49)73-53(45(3)4)38-46-32-34-64(72(52)70(46)71(47)73)79-62-30-18-14-26-56(62)74(5,6)58-39-54-50-24-12-16-28-60(50)77(66(54)41-68(58)79)48-21-10-9-11-22-48/h9-45H,1-8H3. The second-order valence-corrected chi connectivity index (χ2v) is 24.3. The van der Waals surface area contributed by atoms with Gasteiger partial charge in [-0.3, -0.25) is 4.98 Å². The monoisotopic (exact) mass is 1030 g/mol. The number of nitrogens with zero attached hydrogens (tertiary/aromatic N) is 5. The van der Waals surface area contributed by atoms with Gasteiger partial charge >= 0.3 is 0 Å². The van der Waals surface area contributed by atoms with Crippen LogP contribution in [-0.2, 0) is 10.8 Å². The zero-order valence-corrected chi connectivity index (χ0v) is 46.6. The Balaban J connectivity index is 1.02. The largest absolute Gasteiger partial charge is 0.309 e. The van der Waals surface area contributed by atoms with Crippen molar-refractivity contribution < 1.29 is 0 Å². The van der Waals surface area contributed by atoms with Crippen LogP contribution in [0.1, 0.15) is 101 Å². The number of hydrogen-bond acceptors (Lipinski definition) is 3. The molecule has 14 aromatic rings. The number of para-hydroxylation sites is 5. The highest BCUT2D eigenvalue weighted by atomic mass is 15.2. The minimum Gasteiger partial charge on any atom is -0.309 e. The summed E-state index contributed by atoms with van der Waals surface area (Å²) < 4.78 is 4.88. The van der Waals surface area contributed by atoms with Crippen molar-refractivity contribution in [3.8, 4) is 11.4 Å². The van der Waals surface area contributed by atoms with Gasteiger partial charge in [-0.2, -0.15) is 0 Å². The van der Waals surface area contributed by atoms with Gasteiger partial charge in [-0.25, -0.2) is 0 Å². The lowest BCUT2D eigenvalue weighted by Crippen LogP contribution is -2.31. The fraction of sp³-hybridized carbons (Fsp3) is 0.160. The molecule has 0 atom stereocenters. The SMILES string of the molecule is CC(C)c1cc2ccc(N3c4ccccc4C(C)(C)c4cc5c6ccccc6n(-c6cccnc6)c5cc43)c3c(C(C)C)cc4ccc(N5c6ccccc6C(C)(C)c6cc7c8ccccc8n(-c8ccccc8)c7cc65)c1c4c23. The van der Waals surface area contributed by atoms with Crippen molar-refractivity contribution in [2.24, 2.45) is 0 Å². The number of pyridine rings is 1. The summed E-state index contributed by atoms with van der Waals surface area (Å²) in [4.78, 5) is 9.90. The smallest absolute Gasteiger partial charge is 0.0645 e. The van der Waals surface area contributed by atoms with Crippen molar-refractivity contribution >= 4 is 110 Å². The van der Waals surface area contributed by atoms with Crippen molar-refractivity contribution in [3.63, 3.8) is 0 Å². The van der Waals surface area contributed by atoms with Crippen LogP contribution < -0.4 is 9.80 Å². The van der Waals surface area contributed by atoms with Crippen LogP contribution in [0, 0.1) is 0 Å². The van der Waals surface area contributed by atoms with E-state index < -0.39 is 0 Å². The first-order valence-electron chi connectivity index (χ1n) is 28.6. The van der Waals surface area contributed by atoms with E-state index in [1.807, 2.05) is 18.5 Å². The van der Waals surface area contributed by atoms with E-state index in [0.717, 1.165) is 16.9 Å². The Morgan fingerprint density at radius 1 is 0.338 bits per heavy atom. The molecule has 0 amide bonds. The Kier molecular flexibility index (Phi) is 9.77. The molecule has 5 heterocycles. The number of fused-ring (bicyclic) bond motifs is 10. The van der Waals surface area contributed by atoms with Gasteiger partial charge in [0.1, 0.15) is 0 Å². The zero-order chi connectivity index (χ0) is 54.1. The predicted octanol–water partition coefficient (Wildman–Crippen LogP) is 20.6. The normalized spacial score (nSPS) is 14.6. The summed E-state index contributed by atoms with van der Waals surface area (Å²) in [6.07, 6.45) is 3.85. The zero-order valence-electron chi connectivity index (χ0n) is 46.6. The number of anilines is 6. The van der Waals surface area contributed by atoms with Gasteiger partial charge in [0.25, 0.3) is 0 Å². The van der Waals surface area contributed by atoms with E-state index in [0.29, 0.717) is 0 Å². The number of hydrogen-bond donors (Lipinski definition) is 0. The van der Waals surface area contributed by atoms with Crippen molar-refractivity contribution in [2.75, 3.05) is 9.80 Å². The van der Waals surface area contributed by atoms with E-state index >= 15 is 0 Å². The Labute approximate surface area is 466 Å². The first kappa shape index (κ1) is 46.9. The van der Waals surface area contributed by atoms with Crippen molar-refractivity contribution in [2.45, 2.75) is 78.1 Å². The molecule has 386 valence electrons. The number of rotatable bonds is 6. The quantitative estimate of drug-likeness (QED) is 0.155. The molecule has 0 N–H and O–H groups in total. The highest BCUT2D eigenvalue weighted by Gasteiger charge is 2.41. The molecule has 5 nitrogen and oxygen atoms in total. The fourth-order valence-electron chi connectivity index (χ4n) is 14.8. The summed E-state index contributed by atoms with van der Waals surface area (Å²) in [7, 11) is 0. The highest BCUT2D eigenvalue weighted by molar-refractivity contribution is 6.30. The third-order valence-electron chi connectivity index (χ3n) is 18.6. The molecule has 2 aliphatic heterocycles. The second kappa shape index (κ2) is 16.7. The summed E-state index contributed by atoms with van der Waals surface area (Å²) in [5.41, 5.74) is 21.6. The molecule has 0 saturated heterocycles. The van der Waals surface area contributed by atoms with Crippen LogP contribution in [0.25, 0.3) is 87.3 Å². The van der Waals surface area contributed by atoms with Gasteiger partial charge in [-0.1, -0.05) is 171 Å². The molecule has 5 heteroatoms. The van der Waals surface area contributed by atoms with Crippen LogP contribution in [0.5, 0.6) is 0 Å². The minimum absolute atomic E-state index is 0.236. The fourth-order valence-corrected chi connectivity index (χ4v) is 14.8. The molecule has 0 bridgehead atoms. The molecular formula is C75H61N5. The Morgan fingerprint density at radius 2 is 0.775 bits per heavy atom. The maximum absolute atomic E-state index is 4.64. The van der Waals surface area contributed by atoms with Gasteiger partial charge < -0.3 is 18.9 Å². The third-order valence-corrected chi connectivity index (χ3v) is 18.6. The molecular weight excluding hydrogens is 971 g/mol. The van der Waals surface area contributed by atoms with E-state index in [1.165, 1.54) is 138 Å². The summed E-state index contributed by atoms with van der Waals surface area (Å²) >= 11 is 0. The van der Waals surface area contributed by atoms with Crippen molar-refractivity contribution in [1.29, 1.82) is 0 Å². The molecule has 0 spiro atoms. The topological polar surface area (TPSA) is 29.2 Å². The Bertz CT molecular complexity index is 4590. The molecule has 16 rings (SSSR count). The molecule has 0 aliphatic carbocycles. The third kappa shape index (κ3) is 6.26. The average molecular weight is 1030 g/mol. The molecule has 3 aromatic heterocycles. The average Bonchev–Trinajstić information content (AvgIpc) is 3.31. The van der Waals surface area contributed by atoms with E-state index in [1.54, 1.807) is 0 Å². The van der Waals surface area contributed by atoms with Crippen molar-refractivity contribution in [3.05, 3.63) is 246 Å². The molecule has 11 aromatic carbocycles. The molecule has 0 radical (unpaired) electrons. The molecule has 0 unspecified atom stereocenters. The van der Waals surface area contributed by atoms with Gasteiger partial charge in [0.15, 0.2) is 0 Å². The first-order valence-corrected chi connectivity index (χ1v) is 28.6. The molecule has 0 fully saturated rings. The van der Waals surface area contributed by atoms with E-state index in [4.69, 9.17) is 0 Å². The van der Waals surface area contributed by atoms with Gasteiger partial charge in [0.2, 0.25) is 0 Å². The van der Waals surface area contributed by atoms with Crippen LogP contribution in [0.3, 0.4) is 0 Å². The van der Waals surface area contributed by atoms with E-state index in [9.17, 15) is 0 Å². The lowest BCUT2D eigenvalue weighted by atomic mass is 9.72. The summed E-state index contributed by atoms with van der Waals surface area (Å²) in [5.74, 6) is 0.475. The van der Waals surface area contributed by atoms with E-state index in [-0.39, 0.29) is 22.7 Å². The number of aromatic nitrogens is 3. The van der Waals surface area contributed by atoms with Gasteiger partial charge in [-0.15, -0.1) is 0 Å². The highest BCUT2D eigenvalue weighted by Crippen LogP contribution is 2.59. The molecule has 0 saturated carbocycles. The first-order chi connectivity index (χ1) is 38.9. The van der Waals surface area contributed by atoms with Gasteiger partial charge in [0.05, 0.1) is 68.1 Å².